The molecule has 0 amide bonds. The van der Waals surface area contributed by atoms with Gasteiger partial charge in [0.1, 0.15) is 0 Å². The lowest BCUT2D eigenvalue weighted by Gasteiger charge is -1.89. The van der Waals surface area contributed by atoms with Crippen molar-refractivity contribution in [1.82, 2.24) is 0 Å². The Balaban J connectivity index is 0. The molecule has 0 spiro atoms. The third-order valence-electron chi connectivity index (χ3n) is 0.584. The molecule has 6 heteroatoms. The maximum absolute atomic E-state index is 7.75. The number of nitrogens with zero attached hydrogens (tertiary/aromatic N) is 3. The molecule has 0 aromatic carbocycles. The fourth-order valence-corrected chi connectivity index (χ4v) is 0.263. The summed E-state index contributed by atoms with van der Waals surface area (Å²) < 4.78 is 0. The van der Waals surface area contributed by atoms with Crippen LogP contribution in [0.4, 0.5) is 0 Å². The normalized spacial score (nSPS) is 7.22. The zero-order valence-corrected chi connectivity index (χ0v) is 5.67. The van der Waals surface area contributed by atoms with Crippen molar-refractivity contribution in [3.8, 4) is 0 Å². The number of hydrogen-bond acceptors (Lipinski definition) is 3. The van der Waals surface area contributed by atoms with Crippen LogP contribution in [0.15, 0.2) is 5.11 Å². The van der Waals surface area contributed by atoms with Crippen LogP contribution in [0.25, 0.3) is 10.4 Å². The van der Waals surface area contributed by atoms with E-state index in [0.717, 1.165) is 0 Å². The van der Waals surface area contributed by atoms with Crippen molar-refractivity contribution in [2.75, 3.05) is 13.2 Å². The van der Waals surface area contributed by atoms with Gasteiger partial charge in [-0.1, -0.05) is 5.11 Å². The maximum atomic E-state index is 7.75. The summed E-state index contributed by atoms with van der Waals surface area (Å²) in [5.41, 5.74) is 7.75. The molecule has 0 rings (SSSR count). The molecule has 0 saturated carbocycles. The molecular weight excluding hydrogens is 144 g/mol. The van der Waals surface area contributed by atoms with E-state index in [1.807, 2.05) is 0 Å². The lowest BCUT2D eigenvalue weighted by Crippen LogP contribution is -2.01. The largest absolute Gasteiger partial charge is 0.305 e. The van der Waals surface area contributed by atoms with E-state index in [1.165, 1.54) is 0 Å². The van der Waals surface area contributed by atoms with E-state index in [1.54, 1.807) is 0 Å². The molecule has 5 nitrogen and oxygen atoms in total. The van der Waals surface area contributed by atoms with Crippen molar-refractivity contribution in [2.24, 2.45) is 11.0 Å². The molecule has 0 fully saturated rings. The van der Waals surface area contributed by atoms with Gasteiger partial charge in [-0.3, -0.25) is 0 Å². The van der Waals surface area contributed by atoms with E-state index in [9.17, 15) is 0 Å². The highest BCUT2D eigenvalue weighted by molar-refractivity contribution is 5.85. The molecule has 0 atom stereocenters. The van der Waals surface area contributed by atoms with E-state index in [0.29, 0.717) is 19.6 Å². The fraction of sp³-hybridized carbons (Fsp3) is 1.00. The summed E-state index contributed by atoms with van der Waals surface area (Å²) in [5.74, 6) is 4.68. The molecule has 0 unspecified atom stereocenters. The number of hydrogen-bond donors (Lipinski definition) is 1. The van der Waals surface area contributed by atoms with Gasteiger partial charge in [0.15, 0.2) is 0 Å². The summed E-state index contributed by atoms with van der Waals surface area (Å²) in [5, 5.41) is 3.25. The van der Waals surface area contributed by atoms with Gasteiger partial charge in [0.05, 0.1) is 6.61 Å². The number of halogens is 1. The summed E-state index contributed by atoms with van der Waals surface area (Å²) in [6, 6.07) is 0. The highest BCUT2D eigenvalue weighted by atomic mass is 35.5. The summed E-state index contributed by atoms with van der Waals surface area (Å²) in [6.45, 7) is 0.896. The summed E-state index contributed by atoms with van der Waals surface area (Å²) >= 11 is 0. The van der Waals surface area contributed by atoms with Crippen LogP contribution in [0, 0.1) is 0 Å². The average Bonchev–Trinajstić information content (AvgIpc) is 1.81. The van der Waals surface area contributed by atoms with Crippen molar-refractivity contribution in [2.45, 2.75) is 6.42 Å². The first kappa shape index (κ1) is 11.3. The monoisotopic (exact) mass is 152 g/mol. The van der Waals surface area contributed by atoms with Gasteiger partial charge in [-0.25, -0.2) is 5.90 Å². The molecule has 0 aliphatic rings. The van der Waals surface area contributed by atoms with Crippen molar-refractivity contribution in [3.63, 3.8) is 0 Å². The smallest absolute Gasteiger partial charge is 0.0680 e. The fourth-order valence-electron chi connectivity index (χ4n) is 0.263. The Morgan fingerprint density at radius 3 is 2.78 bits per heavy atom. The number of rotatable bonds is 4. The van der Waals surface area contributed by atoms with Crippen LogP contribution >= 0.6 is 12.4 Å². The predicted molar refractivity (Wildman–Crippen MR) is 36.0 cm³/mol. The molecule has 2 N–H and O–H groups in total. The molecule has 0 aromatic heterocycles. The molecule has 0 heterocycles. The molecule has 0 aliphatic heterocycles. The van der Waals surface area contributed by atoms with Crippen LogP contribution in [0.3, 0.4) is 0 Å². The maximum Gasteiger partial charge on any atom is 0.0680 e. The van der Waals surface area contributed by atoms with Gasteiger partial charge in [0.2, 0.25) is 0 Å². The topological polar surface area (TPSA) is 84.0 Å². The lowest BCUT2D eigenvalue weighted by atomic mass is 10.5. The third-order valence-corrected chi connectivity index (χ3v) is 0.584. The van der Waals surface area contributed by atoms with E-state index in [4.69, 9.17) is 5.53 Å². The minimum absolute atomic E-state index is 0. The Bertz CT molecular complexity index is 91.8. The van der Waals surface area contributed by atoms with Crippen molar-refractivity contribution in [3.05, 3.63) is 10.4 Å². The van der Waals surface area contributed by atoms with Gasteiger partial charge in [0.25, 0.3) is 0 Å². The highest BCUT2D eigenvalue weighted by Crippen LogP contribution is 1.79. The van der Waals surface area contributed by atoms with Crippen LogP contribution in [-0.2, 0) is 4.84 Å². The molecule has 54 valence electrons. The molecule has 0 radical (unpaired) electrons. The zero-order valence-electron chi connectivity index (χ0n) is 4.86. The van der Waals surface area contributed by atoms with Gasteiger partial charge < -0.3 is 4.84 Å². The predicted octanol–water partition coefficient (Wildman–Crippen LogP) is 0.999. The summed E-state index contributed by atoms with van der Waals surface area (Å²) in [6.07, 6.45) is 0.681. The third kappa shape index (κ3) is 11.2. The van der Waals surface area contributed by atoms with Crippen LogP contribution in [0.5, 0.6) is 0 Å². The zero-order chi connectivity index (χ0) is 6.24. The van der Waals surface area contributed by atoms with Crippen molar-refractivity contribution in [1.29, 1.82) is 0 Å². The first-order valence-corrected chi connectivity index (χ1v) is 2.24. The molecule has 0 aliphatic carbocycles. The average molecular weight is 153 g/mol. The molecule has 0 aromatic rings. The quantitative estimate of drug-likeness (QED) is 0.214. The van der Waals surface area contributed by atoms with E-state index in [2.05, 4.69) is 20.8 Å². The minimum atomic E-state index is 0. The standard InChI is InChI=1S/C3H8N4O.ClH/c4-7-6-2-1-3-8-5;/h1-3,5H2;1H. The summed E-state index contributed by atoms with van der Waals surface area (Å²) in [7, 11) is 0. The van der Waals surface area contributed by atoms with E-state index < -0.39 is 0 Å². The van der Waals surface area contributed by atoms with Crippen LogP contribution in [-0.4, -0.2) is 13.2 Å². The van der Waals surface area contributed by atoms with E-state index >= 15 is 0 Å². The highest BCUT2D eigenvalue weighted by Gasteiger charge is 1.79. The molecule has 9 heavy (non-hydrogen) atoms. The summed E-state index contributed by atoms with van der Waals surface area (Å²) in [4.78, 5) is 6.74. The molecule has 0 saturated heterocycles. The second kappa shape index (κ2) is 10.5. The van der Waals surface area contributed by atoms with Crippen molar-refractivity contribution < 1.29 is 4.84 Å². The Morgan fingerprint density at radius 1 is 1.67 bits per heavy atom. The van der Waals surface area contributed by atoms with Crippen LogP contribution in [0.2, 0.25) is 0 Å². The Labute approximate surface area is 59.2 Å². The van der Waals surface area contributed by atoms with Crippen molar-refractivity contribution >= 4 is 12.4 Å². The van der Waals surface area contributed by atoms with Gasteiger partial charge in [-0.15, -0.1) is 12.4 Å². The van der Waals surface area contributed by atoms with Crippen LogP contribution in [0.1, 0.15) is 6.42 Å². The van der Waals surface area contributed by atoms with Gasteiger partial charge in [-0.05, 0) is 12.0 Å². The first-order chi connectivity index (χ1) is 3.91. The second-order valence-electron chi connectivity index (χ2n) is 1.18. The first-order valence-electron chi connectivity index (χ1n) is 2.24. The van der Waals surface area contributed by atoms with Crippen LogP contribution < -0.4 is 5.90 Å². The molecule has 0 bridgehead atoms. The van der Waals surface area contributed by atoms with Gasteiger partial charge >= 0.3 is 0 Å². The second-order valence-corrected chi connectivity index (χ2v) is 1.18. The lowest BCUT2D eigenvalue weighted by molar-refractivity contribution is 0.137. The molecular formula is C3H9ClN4O. The Kier molecular flexibility index (Phi) is 13.2. The Hall–Kier alpha value is -0.480. The van der Waals surface area contributed by atoms with Gasteiger partial charge in [-0.2, -0.15) is 0 Å². The SMILES string of the molecule is Cl.[N-]=[N+]=NCCCON. The minimum Gasteiger partial charge on any atom is -0.305 e. The number of azide groups is 1. The van der Waals surface area contributed by atoms with E-state index in [-0.39, 0.29) is 12.4 Å². The Morgan fingerprint density at radius 2 is 2.33 bits per heavy atom. The number of nitrogens with two attached hydrogens (primary N) is 1. The van der Waals surface area contributed by atoms with Gasteiger partial charge in [0, 0.05) is 11.5 Å².